The normalized spacial score (nSPS) is 10.7. The van der Waals surface area contributed by atoms with Gasteiger partial charge < -0.3 is 19.0 Å². The van der Waals surface area contributed by atoms with Gasteiger partial charge >= 0.3 is 0 Å². The number of aliphatic hydroxyl groups excluding tert-OH is 1. The second-order valence-corrected chi connectivity index (χ2v) is 5.03. The minimum atomic E-state index is -0.317. The third-order valence-electron chi connectivity index (χ3n) is 3.47. The summed E-state index contributed by atoms with van der Waals surface area (Å²) in [6.07, 6.45) is 0. The first-order valence-electron chi connectivity index (χ1n) is 7.13. The molecule has 2 aromatic carbocycles. The van der Waals surface area contributed by atoms with Crippen molar-refractivity contribution in [1.29, 1.82) is 0 Å². The molecule has 1 N–H and O–H groups in total. The van der Waals surface area contributed by atoms with E-state index in [9.17, 15) is 4.79 Å². The van der Waals surface area contributed by atoms with Crippen molar-refractivity contribution in [3.63, 3.8) is 0 Å². The molecule has 0 radical (unpaired) electrons. The van der Waals surface area contributed by atoms with E-state index in [0.717, 1.165) is 11.3 Å². The monoisotopic (exact) mass is 312 g/mol. The average molecular weight is 312 g/mol. The lowest BCUT2D eigenvalue weighted by molar-refractivity contribution is 0.248. The van der Waals surface area contributed by atoms with Crippen LogP contribution in [0.2, 0.25) is 0 Å². The molecule has 0 saturated carbocycles. The van der Waals surface area contributed by atoms with Crippen LogP contribution in [0.3, 0.4) is 0 Å². The molecule has 0 spiro atoms. The maximum absolute atomic E-state index is 11.9. The molecule has 0 amide bonds. The van der Waals surface area contributed by atoms with Crippen molar-refractivity contribution in [2.45, 2.75) is 13.2 Å². The van der Waals surface area contributed by atoms with Gasteiger partial charge in [-0.05, 0) is 29.8 Å². The Bertz CT molecular complexity index is 865. The smallest absolute Gasteiger partial charge is 0.193 e. The number of hydrogen-bond acceptors (Lipinski definition) is 5. The second kappa shape index (κ2) is 6.54. The van der Waals surface area contributed by atoms with Gasteiger partial charge in [-0.1, -0.05) is 12.1 Å². The Morgan fingerprint density at radius 1 is 1.04 bits per heavy atom. The summed E-state index contributed by atoms with van der Waals surface area (Å²) in [4.78, 5) is 11.9. The fourth-order valence-corrected chi connectivity index (χ4v) is 2.24. The maximum atomic E-state index is 11.9. The van der Waals surface area contributed by atoms with Gasteiger partial charge in [0, 0.05) is 12.1 Å². The number of fused-ring (bicyclic) bond motifs is 1. The van der Waals surface area contributed by atoms with Gasteiger partial charge in [0.2, 0.25) is 0 Å². The van der Waals surface area contributed by atoms with Gasteiger partial charge in [-0.25, -0.2) is 0 Å². The molecule has 0 bridgehead atoms. The van der Waals surface area contributed by atoms with Crippen molar-refractivity contribution in [2.24, 2.45) is 0 Å². The Hall–Kier alpha value is -2.79. The van der Waals surface area contributed by atoms with E-state index >= 15 is 0 Å². The Morgan fingerprint density at radius 2 is 1.78 bits per heavy atom. The Kier molecular flexibility index (Phi) is 4.30. The second-order valence-electron chi connectivity index (χ2n) is 5.03. The molecule has 0 aliphatic carbocycles. The van der Waals surface area contributed by atoms with E-state index in [4.69, 9.17) is 19.0 Å². The van der Waals surface area contributed by atoms with Crippen molar-refractivity contribution >= 4 is 11.0 Å². The van der Waals surface area contributed by atoms with Gasteiger partial charge in [0.1, 0.15) is 36.1 Å². The number of ether oxygens (including phenoxy) is 2. The fraction of sp³-hybridized carbons (Fsp3) is 0.167. The van der Waals surface area contributed by atoms with Crippen molar-refractivity contribution in [3.8, 4) is 11.5 Å². The summed E-state index contributed by atoms with van der Waals surface area (Å²) in [6.45, 7) is 0.0710. The van der Waals surface area contributed by atoms with Crippen molar-refractivity contribution < 1.29 is 19.0 Å². The number of hydrogen-bond donors (Lipinski definition) is 1. The van der Waals surface area contributed by atoms with Gasteiger partial charge in [0.25, 0.3) is 0 Å². The zero-order valence-electron chi connectivity index (χ0n) is 12.6. The van der Waals surface area contributed by atoms with Crippen LogP contribution in [0.4, 0.5) is 0 Å². The van der Waals surface area contributed by atoms with Gasteiger partial charge in [0.15, 0.2) is 5.43 Å². The summed E-state index contributed by atoms with van der Waals surface area (Å²) >= 11 is 0. The fourth-order valence-electron chi connectivity index (χ4n) is 2.24. The first-order valence-corrected chi connectivity index (χ1v) is 7.13. The summed E-state index contributed by atoms with van der Waals surface area (Å²) in [6, 6.07) is 13.9. The number of methoxy groups -OCH3 is 1. The first kappa shape index (κ1) is 15.1. The minimum absolute atomic E-state index is 0.183. The van der Waals surface area contributed by atoms with Crippen LogP contribution in [0.15, 0.2) is 57.7 Å². The highest BCUT2D eigenvalue weighted by atomic mass is 16.5. The van der Waals surface area contributed by atoms with Crippen LogP contribution in [0.5, 0.6) is 11.5 Å². The van der Waals surface area contributed by atoms with Gasteiger partial charge in [-0.15, -0.1) is 0 Å². The van der Waals surface area contributed by atoms with Crippen LogP contribution in [0, 0.1) is 0 Å². The first-order chi connectivity index (χ1) is 11.2. The average Bonchev–Trinajstić information content (AvgIpc) is 2.60. The highest BCUT2D eigenvalue weighted by Crippen LogP contribution is 2.21. The number of benzene rings is 2. The zero-order chi connectivity index (χ0) is 16.2. The SMILES string of the molecule is COc1ccc(COc2ccc3c(=O)cc(CO)oc3c2)cc1. The largest absolute Gasteiger partial charge is 0.497 e. The van der Waals surface area contributed by atoms with E-state index in [-0.39, 0.29) is 17.8 Å². The van der Waals surface area contributed by atoms with E-state index in [1.54, 1.807) is 25.3 Å². The topological polar surface area (TPSA) is 68.9 Å². The molecule has 5 nitrogen and oxygen atoms in total. The molecule has 0 unspecified atom stereocenters. The van der Waals surface area contributed by atoms with Crippen LogP contribution in [0.25, 0.3) is 11.0 Å². The molecule has 0 saturated heterocycles. The highest BCUT2D eigenvalue weighted by molar-refractivity contribution is 5.77. The number of aliphatic hydroxyl groups is 1. The molecule has 3 aromatic rings. The molecule has 0 aliphatic heterocycles. The summed E-state index contributed by atoms with van der Waals surface area (Å²) in [5, 5.41) is 9.57. The van der Waals surface area contributed by atoms with Crippen LogP contribution >= 0.6 is 0 Å². The molecular weight excluding hydrogens is 296 g/mol. The molecule has 5 heteroatoms. The molecule has 3 rings (SSSR count). The Balaban J connectivity index is 1.81. The predicted molar refractivity (Wildman–Crippen MR) is 85.7 cm³/mol. The third kappa shape index (κ3) is 3.35. The van der Waals surface area contributed by atoms with Crippen LogP contribution < -0.4 is 14.9 Å². The summed E-state index contributed by atoms with van der Waals surface area (Å²) in [5.41, 5.74) is 1.21. The lowest BCUT2D eigenvalue weighted by Crippen LogP contribution is -2.02. The van der Waals surface area contributed by atoms with Gasteiger partial charge in [-0.3, -0.25) is 4.79 Å². The Labute approximate surface area is 132 Å². The van der Waals surface area contributed by atoms with Crippen molar-refractivity contribution in [3.05, 3.63) is 70.1 Å². The lowest BCUT2D eigenvalue weighted by atomic mass is 10.2. The standard InChI is InChI=1S/C18H16O5/c1-21-13-4-2-12(3-5-13)11-22-14-6-7-16-17(20)8-15(10-19)23-18(16)9-14/h2-9,19H,10-11H2,1H3. The van der Waals surface area contributed by atoms with Crippen molar-refractivity contribution in [1.82, 2.24) is 0 Å². The molecule has 0 fully saturated rings. The molecule has 1 heterocycles. The van der Waals surface area contributed by atoms with Gasteiger partial charge in [0.05, 0.1) is 12.5 Å². The van der Waals surface area contributed by atoms with Crippen LogP contribution in [0.1, 0.15) is 11.3 Å². The number of rotatable bonds is 5. The van der Waals surface area contributed by atoms with Gasteiger partial charge in [-0.2, -0.15) is 0 Å². The van der Waals surface area contributed by atoms with E-state index in [1.807, 2.05) is 24.3 Å². The Morgan fingerprint density at radius 3 is 2.48 bits per heavy atom. The predicted octanol–water partition coefficient (Wildman–Crippen LogP) is 2.87. The molecule has 0 aliphatic rings. The van der Waals surface area contributed by atoms with Crippen LogP contribution in [-0.2, 0) is 13.2 Å². The summed E-state index contributed by atoms with van der Waals surface area (Å²) in [5.74, 6) is 1.61. The highest BCUT2D eigenvalue weighted by Gasteiger charge is 2.06. The molecule has 0 atom stereocenters. The lowest BCUT2D eigenvalue weighted by Gasteiger charge is -2.08. The van der Waals surface area contributed by atoms with Crippen LogP contribution in [-0.4, -0.2) is 12.2 Å². The molecule has 118 valence electrons. The molecular formula is C18H16O5. The maximum Gasteiger partial charge on any atom is 0.193 e. The molecule has 23 heavy (non-hydrogen) atoms. The van der Waals surface area contributed by atoms with Crippen molar-refractivity contribution in [2.75, 3.05) is 7.11 Å². The third-order valence-corrected chi connectivity index (χ3v) is 3.47. The zero-order valence-corrected chi connectivity index (χ0v) is 12.6. The molecule has 1 aromatic heterocycles. The van der Waals surface area contributed by atoms with E-state index < -0.39 is 0 Å². The minimum Gasteiger partial charge on any atom is -0.497 e. The van der Waals surface area contributed by atoms with E-state index in [0.29, 0.717) is 23.3 Å². The quantitative estimate of drug-likeness (QED) is 0.784. The van der Waals surface area contributed by atoms with E-state index in [2.05, 4.69) is 0 Å². The summed E-state index contributed by atoms with van der Waals surface area (Å²) in [7, 11) is 1.62. The summed E-state index contributed by atoms with van der Waals surface area (Å²) < 4.78 is 16.3. The van der Waals surface area contributed by atoms with E-state index in [1.165, 1.54) is 6.07 Å².